The molecule has 0 aliphatic carbocycles. The molecule has 1 aromatic heterocycles. The highest BCUT2D eigenvalue weighted by Crippen LogP contribution is 2.27. The minimum absolute atomic E-state index is 0.000463. The van der Waals surface area contributed by atoms with Crippen molar-refractivity contribution in [2.45, 2.75) is 5.92 Å². The van der Waals surface area contributed by atoms with Crippen molar-refractivity contribution < 1.29 is 13.6 Å². The summed E-state index contributed by atoms with van der Waals surface area (Å²) in [6.07, 6.45) is 1.47. The van der Waals surface area contributed by atoms with Crippen molar-refractivity contribution in [3.05, 3.63) is 63.9 Å². The van der Waals surface area contributed by atoms with Crippen LogP contribution in [0, 0.1) is 11.6 Å². The van der Waals surface area contributed by atoms with Crippen LogP contribution in [0.3, 0.4) is 0 Å². The van der Waals surface area contributed by atoms with E-state index in [-0.39, 0.29) is 5.56 Å². The lowest BCUT2D eigenvalue weighted by atomic mass is 9.94. The van der Waals surface area contributed by atoms with Crippen molar-refractivity contribution in [1.29, 1.82) is 0 Å². The van der Waals surface area contributed by atoms with Gasteiger partial charge in [0.25, 0.3) is 0 Å². The summed E-state index contributed by atoms with van der Waals surface area (Å²) in [6.45, 7) is 0. The number of hydrogen-bond acceptors (Lipinski definition) is 2. The maximum Gasteiger partial charge on any atom is 0.231 e. The molecule has 0 radical (unpaired) electrons. The topological polar surface area (TPSA) is 56.0 Å². The lowest BCUT2D eigenvalue weighted by molar-refractivity contribution is -0.118. The number of amides is 1. The Balaban J connectivity index is 2.55. The predicted octanol–water partition coefficient (Wildman–Crippen LogP) is 2.74. The molecule has 1 amide bonds. The van der Waals surface area contributed by atoms with Gasteiger partial charge in [-0.2, -0.15) is 0 Å². The van der Waals surface area contributed by atoms with Crippen LogP contribution in [0.1, 0.15) is 17.2 Å². The van der Waals surface area contributed by atoms with Crippen LogP contribution in [-0.2, 0) is 4.79 Å². The number of halogens is 3. The van der Waals surface area contributed by atoms with E-state index in [0.717, 1.165) is 6.07 Å². The Kier molecular flexibility index (Phi) is 3.90. The monoisotopic (exact) mass is 326 g/mol. The third-order valence-electron chi connectivity index (χ3n) is 2.60. The van der Waals surface area contributed by atoms with E-state index in [1.807, 2.05) is 0 Å². The summed E-state index contributed by atoms with van der Waals surface area (Å²) >= 11 is 3.24. The summed E-state index contributed by atoms with van der Waals surface area (Å²) in [5, 5.41) is 0. The molecule has 0 aliphatic heterocycles. The van der Waals surface area contributed by atoms with E-state index in [1.54, 1.807) is 12.1 Å². The third-order valence-corrected chi connectivity index (χ3v) is 3.09. The molecule has 98 valence electrons. The summed E-state index contributed by atoms with van der Waals surface area (Å²) in [7, 11) is 0. The van der Waals surface area contributed by atoms with Crippen LogP contribution in [0.5, 0.6) is 0 Å². The number of nitrogens with zero attached hydrogens (tertiary/aromatic N) is 1. The van der Waals surface area contributed by atoms with E-state index >= 15 is 0 Å². The molecule has 0 spiro atoms. The van der Waals surface area contributed by atoms with E-state index in [4.69, 9.17) is 5.73 Å². The number of nitrogens with two attached hydrogens (primary N) is 1. The van der Waals surface area contributed by atoms with E-state index in [2.05, 4.69) is 20.9 Å². The highest BCUT2D eigenvalue weighted by atomic mass is 79.9. The summed E-state index contributed by atoms with van der Waals surface area (Å²) in [6, 6.07) is 6.22. The fourth-order valence-electron chi connectivity index (χ4n) is 1.77. The molecule has 1 heterocycles. The summed E-state index contributed by atoms with van der Waals surface area (Å²) in [5.41, 5.74) is 5.60. The fourth-order valence-corrected chi connectivity index (χ4v) is 2.13. The van der Waals surface area contributed by atoms with Crippen molar-refractivity contribution in [2.75, 3.05) is 0 Å². The number of hydrogen-bond donors (Lipinski definition) is 1. The average Bonchev–Trinajstić information content (AvgIpc) is 2.32. The number of rotatable bonds is 3. The predicted molar refractivity (Wildman–Crippen MR) is 69.3 cm³/mol. The first-order valence-corrected chi connectivity index (χ1v) is 6.14. The van der Waals surface area contributed by atoms with Crippen molar-refractivity contribution >= 4 is 21.8 Å². The minimum Gasteiger partial charge on any atom is -0.369 e. The van der Waals surface area contributed by atoms with Crippen molar-refractivity contribution in [2.24, 2.45) is 5.73 Å². The Morgan fingerprint density at radius 1 is 1.26 bits per heavy atom. The van der Waals surface area contributed by atoms with Gasteiger partial charge in [0.1, 0.15) is 17.6 Å². The van der Waals surface area contributed by atoms with Crippen LogP contribution < -0.4 is 5.73 Å². The lowest BCUT2D eigenvalue weighted by Crippen LogP contribution is -2.24. The molecule has 0 aliphatic rings. The van der Waals surface area contributed by atoms with Crippen LogP contribution in [0.4, 0.5) is 8.78 Å². The maximum atomic E-state index is 13.8. The van der Waals surface area contributed by atoms with Crippen molar-refractivity contribution in [3.63, 3.8) is 0 Å². The number of aromatic nitrogens is 1. The van der Waals surface area contributed by atoms with Gasteiger partial charge in [0.15, 0.2) is 0 Å². The Morgan fingerprint density at radius 3 is 2.58 bits per heavy atom. The molecule has 0 saturated heterocycles. The Morgan fingerprint density at radius 2 is 2.00 bits per heavy atom. The second-order valence-electron chi connectivity index (χ2n) is 3.90. The van der Waals surface area contributed by atoms with Gasteiger partial charge >= 0.3 is 0 Å². The van der Waals surface area contributed by atoms with Crippen LogP contribution in [0.25, 0.3) is 0 Å². The molecule has 1 aromatic carbocycles. The summed E-state index contributed by atoms with van der Waals surface area (Å²) < 4.78 is 27.3. The Labute approximate surface area is 116 Å². The van der Waals surface area contributed by atoms with E-state index in [9.17, 15) is 13.6 Å². The SMILES string of the molecule is NC(=O)C(c1cc(Br)ccn1)c1ccc(F)cc1F. The van der Waals surface area contributed by atoms with Crippen molar-refractivity contribution in [1.82, 2.24) is 4.98 Å². The first-order chi connectivity index (χ1) is 8.99. The van der Waals surface area contributed by atoms with Crippen LogP contribution in [0.2, 0.25) is 0 Å². The molecule has 0 fully saturated rings. The number of benzene rings is 1. The zero-order valence-electron chi connectivity index (χ0n) is 9.61. The van der Waals surface area contributed by atoms with Gasteiger partial charge in [-0.05, 0) is 18.2 Å². The molecular weight excluding hydrogens is 318 g/mol. The van der Waals surface area contributed by atoms with Crippen LogP contribution >= 0.6 is 15.9 Å². The van der Waals surface area contributed by atoms with E-state index in [1.165, 1.54) is 12.3 Å². The van der Waals surface area contributed by atoms with Gasteiger partial charge in [-0.15, -0.1) is 0 Å². The fraction of sp³-hybridized carbons (Fsp3) is 0.0769. The minimum atomic E-state index is -1.06. The summed E-state index contributed by atoms with van der Waals surface area (Å²) in [4.78, 5) is 15.6. The van der Waals surface area contributed by atoms with Crippen molar-refractivity contribution in [3.8, 4) is 0 Å². The number of carbonyl (C=O) groups is 1. The number of carbonyl (C=O) groups excluding carboxylic acids is 1. The second-order valence-corrected chi connectivity index (χ2v) is 4.82. The summed E-state index contributed by atoms with van der Waals surface area (Å²) in [5.74, 6) is -3.36. The zero-order valence-corrected chi connectivity index (χ0v) is 11.2. The largest absolute Gasteiger partial charge is 0.369 e. The van der Waals surface area contributed by atoms with Gasteiger partial charge in [-0.1, -0.05) is 22.0 Å². The van der Waals surface area contributed by atoms with Gasteiger partial charge in [0.05, 0.1) is 5.69 Å². The molecule has 19 heavy (non-hydrogen) atoms. The van der Waals surface area contributed by atoms with Crippen LogP contribution in [-0.4, -0.2) is 10.9 Å². The molecule has 1 unspecified atom stereocenters. The third kappa shape index (κ3) is 2.96. The van der Waals surface area contributed by atoms with Crippen LogP contribution in [0.15, 0.2) is 41.0 Å². The van der Waals surface area contributed by atoms with Gasteiger partial charge in [0.2, 0.25) is 5.91 Å². The van der Waals surface area contributed by atoms with Gasteiger partial charge in [-0.25, -0.2) is 8.78 Å². The molecule has 3 nitrogen and oxygen atoms in total. The molecule has 2 N–H and O–H groups in total. The average molecular weight is 327 g/mol. The number of primary amides is 1. The highest BCUT2D eigenvalue weighted by molar-refractivity contribution is 9.10. The van der Waals surface area contributed by atoms with Gasteiger partial charge in [-0.3, -0.25) is 9.78 Å². The molecule has 2 aromatic rings. The molecule has 1 atom stereocenters. The standard InChI is InChI=1S/C13H9BrF2N2O/c14-7-3-4-18-11(5-7)12(13(17)19)9-2-1-8(15)6-10(9)16/h1-6,12H,(H2,17,19). The van der Waals surface area contributed by atoms with E-state index < -0.39 is 23.5 Å². The maximum absolute atomic E-state index is 13.8. The molecular formula is C13H9BrF2N2O. The molecule has 0 saturated carbocycles. The molecule has 0 bridgehead atoms. The first kappa shape index (κ1) is 13.6. The van der Waals surface area contributed by atoms with E-state index in [0.29, 0.717) is 16.2 Å². The Bertz CT molecular complexity index is 634. The molecule has 2 rings (SSSR count). The highest BCUT2D eigenvalue weighted by Gasteiger charge is 2.25. The smallest absolute Gasteiger partial charge is 0.231 e. The number of pyridine rings is 1. The lowest BCUT2D eigenvalue weighted by Gasteiger charge is -2.14. The second kappa shape index (κ2) is 5.44. The first-order valence-electron chi connectivity index (χ1n) is 5.34. The van der Waals surface area contributed by atoms with Gasteiger partial charge < -0.3 is 5.73 Å². The zero-order chi connectivity index (χ0) is 14.0. The Hall–Kier alpha value is -1.82. The quantitative estimate of drug-likeness (QED) is 0.942. The molecule has 6 heteroatoms. The normalized spacial score (nSPS) is 12.2. The van der Waals surface area contributed by atoms with Gasteiger partial charge in [0, 0.05) is 22.3 Å².